The van der Waals surface area contributed by atoms with Crippen LogP contribution in [-0.2, 0) is 9.59 Å². The van der Waals surface area contributed by atoms with Crippen molar-refractivity contribution in [2.24, 2.45) is 29.6 Å². The Balaban J connectivity index is 1.32. The Morgan fingerprint density at radius 3 is 2.29 bits per heavy atom. The van der Waals surface area contributed by atoms with E-state index in [9.17, 15) is 14.4 Å². The van der Waals surface area contributed by atoms with E-state index in [-0.39, 0.29) is 57.4 Å². The number of aromatic nitrogens is 1. The summed E-state index contributed by atoms with van der Waals surface area (Å²) in [5, 5.41) is 1.16. The molecule has 0 unspecified atom stereocenters. The third kappa shape index (κ3) is 2.93. The second-order valence-electron chi connectivity index (χ2n) is 10.3. The Bertz CT molecular complexity index is 1400. The summed E-state index contributed by atoms with van der Waals surface area (Å²) < 4.78 is 0. The van der Waals surface area contributed by atoms with Gasteiger partial charge in [0.15, 0.2) is 0 Å². The first-order valence-electron chi connectivity index (χ1n) is 12.0. The van der Waals surface area contributed by atoms with Crippen LogP contribution in [0.5, 0.6) is 0 Å². The molecule has 2 saturated carbocycles. The van der Waals surface area contributed by atoms with E-state index < -0.39 is 0 Å². The molecule has 178 valence electrons. The van der Waals surface area contributed by atoms with Gasteiger partial charge in [-0.05, 0) is 54.0 Å². The first kappa shape index (κ1) is 21.4. The SMILES string of the molecule is CN(C)c1ccc([C@H]2c3sc(=O)[nH]c3S[C@H]3[C@@H]4C[C@H]([C@H]5C(=O)N(c6ccccc6)C(=O)[C@H]45)[C@@H]23)cc1. The fourth-order valence-corrected chi connectivity index (χ4v) is 10.1. The Labute approximate surface area is 211 Å². The molecule has 2 amide bonds. The van der Waals surface area contributed by atoms with Gasteiger partial charge in [-0.3, -0.25) is 19.3 Å². The number of nitrogens with one attached hydrogen (secondary N) is 1. The molecule has 0 radical (unpaired) electrons. The summed E-state index contributed by atoms with van der Waals surface area (Å²) in [7, 11) is 4.05. The average Bonchev–Trinajstić information content (AvgIpc) is 3.58. The van der Waals surface area contributed by atoms with Gasteiger partial charge in [0.05, 0.1) is 22.5 Å². The van der Waals surface area contributed by atoms with Crippen LogP contribution < -0.4 is 14.7 Å². The normalized spacial score (nSPS) is 32.5. The lowest BCUT2D eigenvalue weighted by Crippen LogP contribution is -2.42. The van der Waals surface area contributed by atoms with Gasteiger partial charge in [-0.25, -0.2) is 0 Å². The van der Waals surface area contributed by atoms with Crippen LogP contribution in [0.15, 0.2) is 64.4 Å². The number of anilines is 2. The highest BCUT2D eigenvalue weighted by atomic mass is 32.2. The number of amides is 2. The number of imide groups is 1. The molecule has 2 aromatic carbocycles. The van der Waals surface area contributed by atoms with Crippen LogP contribution in [0.25, 0.3) is 0 Å². The number of aromatic amines is 1. The van der Waals surface area contributed by atoms with Gasteiger partial charge < -0.3 is 9.88 Å². The molecule has 3 aromatic rings. The molecule has 0 spiro atoms. The number of carbonyl (C=O) groups excluding carboxylic acids is 2. The number of rotatable bonds is 3. The minimum absolute atomic E-state index is 0.0349. The van der Waals surface area contributed by atoms with Crippen molar-refractivity contribution in [2.45, 2.75) is 22.6 Å². The van der Waals surface area contributed by atoms with Crippen molar-refractivity contribution < 1.29 is 9.59 Å². The molecule has 7 rings (SSSR count). The molecule has 2 aliphatic heterocycles. The molecule has 3 heterocycles. The van der Waals surface area contributed by atoms with Gasteiger partial charge in [-0.15, -0.1) is 11.8 Å². The number of thiazole rings is 1. The number of H-pyrrole nitrogens is 1. The van der Waals surface area contributed by atoms with Crippen molar-refractivity contribution in [3.05, 3.63) is 74.7 Å². The fraction of sp³-hybridized carbons (Fsp3) is 0.370. The van der Waals surface area contributed by atoms with E-state index >= 15 is 0 Å². The lowest BCUT2D eigenvalue weighted by atomic mass is 9.68. The van der Waals surface area contributed by atoms with Crippen molar-refractivity contribution in [1.29, 1.82) is 0 Å². The van der Waals surface area contributed by atoms with E-state index in [4.69, 9.17) is 0 Å². The third-order valence-electron chi connectivity index (χ3n) is 8.51. The lowest BCUT2D eigenvalue weighted by Gasteiger charge is -2.43. The van der Waals surface area contributed by atoms with E-state index in [1.54, 1.807) is 11.8 Å². The van der Waals surface area contributed by atoms with Crippen LogP contribution in [0.4, 0.5) is 11.4 Å². The molecule has 2 bridgehead atoms. The number of thioether (sulfide) groups is 1. The van der Waals surface area contributed by atoms with E-state index in [1.165, 1.54) is 21.8 Å². The highest BCUT2D eigenvalue weighted by Crippen LogP contribution is 2.68. The highest BCUT2D eigenvalue weighted by Gasteiger charge is 2.69. The van der Waals surface area contributed by atoms with E-state index in [2.05, 4.69) is 34.1 Å². The molecule has 1 saturated heterocycles. The molecule has 1 aromatic heterocycles. The van der Waals surface area contributed by atoms with Crippen molar-refractivity contribution in [3.63, 3.8) is 0 Å². The van der Waals surface area contributed by atoms with Gasteiger partial charge >= 0.3 is 4.87 Å². The zero-order chi connectivity index (χ0) is 24.0. The molecule has 8 heteroatoms. The lowest BCUT2D eigenvalue weighted by molar-refractivity contribution is -0.123. The summed E-state index contributed by atoms with van der Waals surface area (Å²) in [5.41, 5.74) is 2.98. The summed E-state index contributed by atoms with van der Waals surface area (Å²) in [6, 6.07) is 17.9. The van der Waals surface area contributed by atoms with E-state index in [0.717, 1.165) is 22.0 Å². The third-order valence-corrected chi connectivity index (χ3v) is 11.1. The molecule has 1 N–H and O–H groups in total. The topological polar surface area (TPSA) is 73.5 Å². The monoisotopic (exact) mass is 503 g/mol. The second-order valence-corrected chi connectivity index (χ2v) is 12.5. The maximum absolute atomic E-state index is 13.7. The van der Waals surface area contributed by atoms with Crippen LogP contribution in [0.2, 0.25) is 0 Å². The molecule has 4 aliphatic rings. The summed E-state index contributed by atoms with van der Waals surface area (Å²) in [6.45, 7) is 0. The summed E-state index contributed by atoms with van der Waals surface area (Å²) in [4.78, 5) is 47.3. The molecule has 7 atom stereocenters. The van der Waals surface area contributed by atoms with Crippen molar-refractivity contribution >= 4 is 46.3 Å². The summed E-state index contributed by atoms with van der Waals surface area (Å²) in [5.74, 6) is -0.0580. The Hall–Kier alpha value is -2.84. The Kier molecular flexibility index (Phi) is 4.64. The average molecular weight is 504 g/mol. The van der Waals surface area contributed by atoms with Crippen LogP contribution in [0.3, 0.4) is 0 Å². The number of benzene rings is 2. The predicted octanol–water partition coefficient (Wildman–Crippen LogP) is 4.18. The number of hydrogen-bond acceptors (Lipinski definition) is 6. The quantitative estimate of drug-likeness (QED) is 0.543. The zero-order valence-electron chi connectivity index (χ0n) is 19.4. The molecular formula is C27H25N3O3S2. The standard InChI is InChI=1S/C27H25N3O3S2/c1-29(2)14-10-8-13(9-11-14)18-19-16-12-17(22(19)34-24-23(18)35-27(33)28-24)21-20(16)25(31)30(26(21)32)15-6-4-3-5-7-15/h3-11,16-22H,12H2,1-2H3,(H,28,33)/t16-,17+,18+,19-,20+,21+,22-/m0/s1. The van der Waals surface area contributed by atoms with Gasteiger partial charge in [-0.2, -0.15) is 0 Å². The van der Waals surface area contributed by atoms with Gasteiger partial charge in [0.1, 0.15) is 0 Å². The van der Waals surface area contributed by atoms with Gasteiger partial charge in [0.2, 0.25) is 11.8 Å². The van der Waals surface area contributed by atoms with Crippen molar-refractivity contribution in [1.82, 2.24) is 4.98 Å². The number of hydrogen-bond donors (Lipinski definition) is 1. The molecule has 2 aliphatic carbocycles. The molecule has 3 fully saturated rings. The first-order valence-corrected chi connectivity index (χ1v) is 13.7. The minimum Gasteiger partial charge on any atom is -0.378 e. The molecule has 35 heavy (non-hydrogen) atoms. The highest BCUT2D eigenvalue weighted by molar-refractivity contribution is 8.00. The van der Waals surface area contributed by atoms with E-state index in [1.807, 2.05) is 44.4 Å². The van der Waals surface area contributed by atoms with Crippen LogP contribution in [-0.4, -0.2) is 36.1 Å². The maximum atomic E-state index is 13.7. The van der Waals surface area contributed by atoms with Crippen LogP contribution in [0.1, 0.15) is 22.8 Å². The number of nitrogens with zero attached hydrogens (tertiary/aromatic N) is 2. The second kappa shape index (κ2) is 7.58. The maximum Gasteiger partial charge on any atom is 0.305 e. The Morgan fingerprint density at radius 1 is 0.914 bits per heavy atom. The largest absolute Gasteiger partial charge is 0.378 e. The first-order chi connectivity index (χ1) is 16.9. The molecular weight excluding hydrogens is 478 g/mol. The van der Waals surface area contributed by atoms with Gasteiger partial charge in [-0.1, -0.05) is 41.7 Å². The number of fused-ring (bicyclic) bond motifs is 9. The number of carbonyl (C=O) groups is 2. The molecule has 6 nitrogen and oxygen atoms in total. The van der Waals surface area contributed by atoms with E-state index in [0.29, 0.717) is 5.69 Å². The summed E-state index contributed by atoms with van der Waals surface area (Å²) in [6.07, 6.45) is 0.906. The predicted molar refractivity (Wildman–Crippen MR) is 138 cm³/mol. The minimum atomic E-state index is -0.268. The van der Waals surface area contributed by atoms with Crippen molar-refractivity contribution in [2.75, 3.05) is 23.9 Å². The van der Waals surface area contributed by atoms with Crippen molar-refractivity contribution in [3.8, 4) is 0 Å². The van der Waals surface area contributed by atoms with Gasteiger partial charge in [0, 0.05) is 35.8 Å². The Morgan fingerprint density at radius 2 is 1.60 bits per heavy atom. The van der Waals surface area contributed by atoms with Gasteiger partial charge in [0.25, 0.3) is 0 Å². The summed E-state index contributed by atoms with van der Waals surface area (Å²) >= 11 is 3.03. The fourth-order valence-electron chi connectivity index (χ4n) is 7.20. The smallest absolute Gasteiger partial charge is 0.305 e. The zero-order valence-corrected chi connectivity index (χ0v) is 21.0. The number of para-hydroxylation sites is 1. The van der Waals surface area contributed by atoms with Crippen LogP contribution >= 0.6 is 23.1 Å². The van der Waals surface area contributed by atoms with Crippen LogP contribution in [0, 0.1) is 29.6 Å².